The fourth-order valence-electron chi connectivity index (χ4n) is 2.55. The van der Waals surface area contributed by atoms with Crippen LogP contribution < -0.4 is 10.6 Å². The molecule has 2 N–H and O–H groups in total. The Morgan fingerprint density at radius 2 is 1.70 bits per heavy atom. The Hall–Kier alpha value is -1.55. The average molecular weight is 319 g/mol. The Kier molecular flexibility index (Phi) is 9.37. The topological polar surface area (TPSA) is 44.4 Å². The van der Waals surface area contributed by atoms with Crippen molar-refractivity contribution in [3.63, 3.8) is 0 Å². The number of benzene rings is 1. The molecule has 1 aromatic carbocycles. The molecule has 0 aliphatic heterocycles. The number of carbonyl (C=O) groups is 1. The van der Waals surface area contributed by atoms with Crippen molar-refractivity contribution in [2.24, 2.45) is 0 Å². The maximum Gasteiger partial charge on any atom is 0.319 e. The third-order valence-electron chi connectivity index (χ3n) is 4.00. The SMILES string of the molecule is CCCCN(CCCC)CCNC(=O)Nc1ccc(C)cc1C. The molecular weight excluding hydrogens is 286 g/mol. The number of nitrogens with one attached hydrogen (secondary N) is 2. The van der Waals surface area contributed by atoms with Gasteiger partial charge < -0.3 is 15.5 Å². The number of carbonyl (C=O) groups excluding carboxylic acids is 1. The summed E-state index contributed by atoms with van der Waals surface area (Å²) in [6.45, 7) is 12.3. The van der Waals surface area contributed by atoms with Crippen molar-refractivity contribution in [1.82, 2.24) is 10.2 Å². The molecule has 4 nitrogen and oxygen atoms in total. The van der Waals surface area contributed by atoms with Crippen molar-refractivity contribution in [2.45, 2.75) is 53.4 Å². The molecule has 23 heavy (non-hydrogen) atoms. The van der Waals surface area contributed by atoms with Gasteiger partial charge in [-0.25, -0.2) is 4.79 Å². The number of amides is 2. The molecular formula is C19H33N3O. The maximum atomic E-state index is 12.0. The van der Waals surface area contributed by atoms with E-state index < -0.39 is 0 Å². The number of rotatable bonds is 10. The van der Waals surface area contributed by atoms with Crippen molar-refractivity contribution in [3.05, 3.63) is 29.3 Å². The molecule has 0 radical (unpaired) electrons. The van der Waals surface area contributed by atoms with E-state index >= 15 is 0 Å². The number of urea groups is 1. The van der Waals surface area contributed by atoms with Gasteiger partial charge in [-0.2, -0.15) is 0 Å². The highest BCUT2D eigenvalue weighted by Gasteiger charge is 2.07. The molecule has 0 saturated carbocycles. The summed E-state index contributed by atoms with van der Waals surface area (Å²) in [5.41, 5.74) is 3.17. The Labute approximate surface area is 141 Å². The van der Waals surface area contributed by atoms with Crippen molar-refractivity contribution < 1.29 is 4.79 Å². The summed E-state index contributed by atoms with van der Waals surface area (Å²) < 4.78 is 0. The Balaban J connectivity index is 2.35. The summed E-state index contributed by atoms with van der Waals surface area (Å²) in [5, 5.41) is 5.89. The van der Waals surface area contributed by atoms with Gasteiger partial charge in [0.25, 0.3) is 0 Å². The first-order chi connectivity index (χ1) is 11.1. The van der Waals surface area contributed by atoms with Crippen LogP contribution in [0.3, 0.4) is 0 Å². The van der Waals surface area contributed by atoms with Crippen LogP contribution in [0.15, 0.2) is 18.2 Å². The number of aryl methyl sites for hydroxylation is 2. The molecule has 2 amide bonds. The Morgan fingerprint density at radius 3 is 2.26 bits per heavy atom. The molecule has 0 spiro atoms. The molecule has 0 aliphatic carbocycles. The van der Waals surface area contributed by atoms with Crippen LogP contribution in [0.5, 0.6) is 0 Å². The van der Waals surface area contributed by atoms with E-state index in [4.69, 9.17) is 0 Å². The van der Waals surface area contributed by atoms with Crippen molar-refractivity contribution in [1.29, 1.82) is 0 Å². The normalized spacial score (nSPS) is 10.8. The van der Waals surface area contributed by atoms with E-state index in [-0.39, 0.29) is 6.03 Å². The van der Waals surface area contributed by atoms with Crippen molar-refractivity contribution in [2.75, 3.05) is 31.5 Å². The van der Waals surface area contributed by atoms with Crippen LogP contribution in [0.25, 0.3) is 0 Å². The van der Waals surface area contributed by atoms with Crippen LogP contribution in [0.4, 0.5) is 10.5 Å². The number of nitrogens with zero attached hydrogens (tertiary/aromatic N) is 1. The van der Waals surface area contributed by atoms with E-state index in [2.05, 4.69) is 42.4 Å². The predicted molar refractivity (Wildman–Crippen MR) is 99.2 cm³/mol. The molecule has 4 heteroatoms. The fourth-order valence-corrected chi connectivity index (χ4v) is 2.55. The van der Waals surface area contributed by atoms with Crippen molar-refractivity contribution in [3.8, 4) is 0 Å². The van der Waals surface area contributed by atoms with Gasteiger partial charge in [-0.3, -0.25) is 0 Å². The predicted octanol–water partition coefficient (Wildman–Crippen LogP) is 4.33. The minimum absolute atomic E-state index is 0.122. The van der Waals surface area contributed by atoms with Gasteiger partial charge in [-0.15, -0.1) is 0 Å². The van der Waals surface area contributed by atoms with Gasteiger partial charge in [0.15, 0.2) is 0 Å². The first-order valence-corrected chi connectivity index (χ1v) is 8.91. The molecule has 0 unspecified atom stereocenters. The molecule has 0 heterocycles. The first-order valence-electron chi connectivity index (χ1n) is 8.91. The van der Waals surface area contributed by atoms with E-state index in [1.54, 1.807) is 0 Å². The second-order valence-electron chi connectivity index (χ2n) is 6.25. The molecule has 0 aliphatic rings. The zero-order chi connectivity index (χ0) is 17.1. The lowest BCUT2D eigenvalue weighted by Gasteiger charge is -2.22. The van der Waals surface area contributed by atoms with Gasteiger partial charge in [0.05, 0.1) is 0 Å². The molecule has 1 aromatic rings. The highest BCUT2D eigenvalue weighted by atomic mass is 16.2. The Morgan fingerprint density at radius 1 is 1.04 bits per heavy atom. The van der Waals surface area contributed by atoms with Gasteiger partial charge in [0, 0.05) is 18.8 Å². The number of hydrogen-bond donors (Lipinski definition) is 2. The zero-order valence-corrected chi connectivity index (χ0v) is 15.2. The fraction of sp³-hybridized carbons (Fsp3) is 0.632. The van der Waals surface area contributed by atoms with Crippen LogP contribution >= 0.6 is 0 Å². The van der Waals surface area contributed by atoms with Gasteiger partial charge in [-0.05, 0) is 51.4 Å². The smallest absolute Gasteiger partial charge is 0.319 e. The quantitative estimate of drug-likeness (QED) is 0.674. The van der Waals surface area contributed by atoms with Gasteiger partial charge in [0.2, 0.25) is 0 Å². The number of unbranched alkanes of at least 4 members (excludes halogenated alkanes) is 2. The van der Waals surface area contributed by atoms with Gasteiger partial charge >= 0.3 is 6.03 Å². The molecule has 0 saturated heterocycles. The van der Waals surface area contributed by atoms with Crippen LogP contribution in [0.1, 0.15) is 50.7 Å². The first kappa shape index (κ1) is 19.5. The van der Waals surface area contributed by atoms with Crippen LogP contribution in [0, 0.1) is 13.8 Å². The van der Waals surface area contributed by atoms with E-state index in [0.717, 1.165) is 30.9 Å². The zero-order valence-electron chi connectivity index (χ0n) is 15.2. The van der Waals surface area contributed by atoms with Gasteiger partial charge in [-0.1, -0.05) is 44.4 Å². The third kappa shape index (κ3) is 8.03. The van der Waals surface area contributed by atoms with Crippen LogP contribution in [-0.4, -0.2) is 37.1 Å². The summed E-state index contributed by atoms with van der Waals surface area (Å²) in [4.78, 5) is 14.5. The monoisotopic (exact) mass is 319 g/mol. The summed E-state index contributed by atoms with van der Waals surface area (Å²) in [7, 11) is 0. The minimum Gasteiger partial charge on any atom is -0.337 e. The molecule has 0 fully saturated rings. The molecule has 1 rings (SSSR count). The third-order valence-corrected chi connectivity index (χ3v) is 4.00. The number of hydrogen-bond acceptors (Lipinski definition) is 2. The molecule has 130 valence electrons. The lowest BCUT2D eigenvalue weighted by Crippen LogP contribution is -2.37. The molecule has 0 bridgehead atoms. The van der Waals surface area contributed by atoms with E-state index in [9.17, 15) is 4.79 Å². The lowest BCUT2D eigenvalue weighted by molar-refractivity contribution is 0.242. The minimum atomic E-state index is -0.122. The van der Waals surface area contributed by atoms with E-state index in [0.29, 0.717) is 6.54 Å². The summed E-state index contributed by atoms with van der Waals surface area (Å²) in [5.74, 6) is 0. The maximum absolute atomic E-state index is 12.0. The summed E-state index contributed by atoms with van der Waals surface area (Å²) in [6.07, 6.45) is 4.86. The Bertz CT molecular complexity index is 466. The summed E-state index contributed by atoms with van der Waals surface area (Å²) >= 11 is 0. The standard InChI is InChI=1S/C19H33N3O/c1-5-7-12-22(13-8-6-2)14-11-20-19(23)21-18-10-9-16(3)15-17(18)4/h9-10,15H,5-8,11-14H2,1-4H3,(H2,20,21,23). The van der Waals surface area contributed by atoms with Crippen molar-refractivity contribution >= 4 is 11.7 Å². The van der Waals surface area contributed by atoms with Crippen LogP contribution in [-0.2, 0) is 0 Å². The summed E-state index contributed by atoms with van der Waals surface area (Å²) in [6, 6.07) is 5.93. The number of anilines is 1. The largest absolute Gasteiger partial charge is 0.337 e. The second kappa shape index (κ2) is 11.1. The highest BCUT2D eigenvalue weighted by Crippen LogP contribution is 2.15. The highest BCUT2D eigenvalue weighted by molar-refractivity contribution is 5.90. The molecule has 0 atom stereocenters. The second-order valence-corrected chi connectivity index (χ2v) is 6.25. The average Bonchev–Trinajstić information content (AvgIpc) is 2.52. The van der Waals surface area contributed by atoms with E-state index in [1.165, 1.54) is 31.2 Å². The van der Waals surface area contributed by atoms with Crippen LogP contribution in [0.2, 0.25) is 0 Å². The van der Waals surface area contributed by atoms with Gasteiger partial charge in [0.1, 0.15) is 0 Å². The lowest BCUT2D eigenvalue weighted by atomic mass is 10.1. The molecule has 0 aromatic heterocycles. The van der Waals surface area contributed by atoms with E-state index in [1.807, 2.05) is 19.1 Å².